The SMILES string of the molecule is Cc1cc(C)cc(NC(=O)c2ncoc2-c2cccc(Cl)c2)c1. The van der Waals surface area contributed by atoms with E-state index in [2.05, 4.69) is 10.3 Å². The van der Waals surface area contributed by atoms with Crippen molar-refractivity contribution in [1.29, 1.82) is 0 Å². The zero-order valence-electron chi connectivity index (χ0n) is 12.8. The molecular weight excluding hydrogens is 312 g/mol. The molecule has 0 spiro atoms. The number of nitrogens with zero attached hydrogens (tertiary/aromatic N) is 1. The summed E-state index contributed by atoms with van der Waals surface area (Å²) in [5.41, 5.74) is 3.82. The molecule has 1 N–H and O–H groups in total. The number of carbonyl (C=O) groups is 1. The van der Waals surface area contributed by atoms with Gasteiger partial charge in [-0.2, -0.15) is 0 Å². The van der Waals surface area contributed by atoms with Crippen LogP contribution in [0.1, 0.15) is 21.6 Å². The lowest BCUT2D eigenvalue weighted by Gasteiger charge is -2.07. The van der Waals surface area contributed by atoms with Crippen molar-refractivity contribution in [3.8, 4) is 11.3 Å². The Morgan fingerprint density at radius 3 is 2.57 bits per heavy atom. The van der Waals surface area contributed by atoms with Crippen LogP contribution in [-0.4, -0.2) is 10.9 Å². The molecule has 2 aromatic carbocycles. The Morgan fingerprint density at radius 1 is 1.13 bits per heavy atom. The average Bonchev–Trinajstić information content (AvgIpc) is 2.95. The van der Waals surface area contributed by atoms with E-state index >= 15 is 0 Å². The van der Waals surface area contributed by atoms with Crippen molar-refractivity contribution in [2.75, 3.05) is 5.32 Å². The lowest BCUT2D eigenvalue weighted by molar-refractivity contribution is 0.102. The van der Waals surface area contributed by atoms with Gasteiger partial charge in [-0.25, -0.2) is 4.98 Å². The molecule has 116 valence electrons. The van der Waals surface area contributed by atoms with Crippen LogP contribution >= 0.6 is 11.6 Å². The van der Waals surface area contributed by atoms with Crippen LogP contribution in [-0.2, 0) is 0 Å². The van der Waals surface area contributed by atoms with E-state index in [9.17, 15) is 4.79 Å². The van der Waals surface area contributed by atoms with Crippen LogP contribution in [0.4, 0.5) is 5.69 Å². The summed E-state index contributed by atoms with van der Waals surface area (Å²) in [5.74, 6) is 0.0769. The number of amides is 1. The van der Waals surface area contributed by atoms with Crippen LogP contribution in [0.2, 0.25) is 5.02 Å². The summed E-state index contributed by atoms with van der Waals surface area (Å²) in [6.45, 7) is 3.96. The molecule has 0 saturated carbocycles. The summed E-state index contributed by atoms with van der Waals surface area (Å²) in [5, 5.41) is 3.43. The number of aromatic nitrogens is 1. The highest BCUT2D eigenvalue weighted by molar-refractivity contribution is 6.30. The topological polar surface area (TPSA) is 55.1 Å². The molecule has 0 bridgehead atoms. The molecule has 0 aliphatic heterocycles. The molecule has 23 heavy (non-hydrogen) atoms. The van der Waals surface area contributed by atoms with Gasteiger partial charge in [0.25, 0.3) is 5.91 Å². The van der Waals surface area contributed by atoms with Gasteiger partial charge in [0, 0.05) is 16.3 Å². The highest BCUT2D eigenvalue weighted by atomic mass is 35.5. The number of aryl methyl sites for hydroxylation is 2. The van der Waals surface area contributed by atoms with E-state index in [1.807, 2.05) is 38.1 Å². The second-order valence-electron chi connectivity index (χ2n) is 5.37. The number of rotatable bonds is 3. The van der Waals surface area contributed by atoms with Gasteiger partial charge in [-0.05, 0) is 49.2 Å². The van der Waals surface area contributed by atoms with Gasteiger partial charge in [0.15, 0.2) is 17.8 Å². The summed E-state index contributed by atoms with van der Waals surface area (Å²) < 4.78 is 5.38. The minimum atomic E-state index is -0.321. The number of hydrogen-bond acceptors (Lipinski definition) is 3. The summed E-state index contributed by atoms with van der Waals surface area (Å²) >= 11 is 6.00. The third kappa shape index (κ3) is 3.43. The van der Waals surface area contributed by atoms with Crippen molar-refractivity contribution in [3.05, 3.63) is 70.7 Å². The Morgan fingerprint density at radius 2 is 1.87 bits per heavy atom. The summed E-state index contributed by atoms with van der Waals surface area (Å²) in [4.78, 5) is 16.6. The lowest BCUT2D eigenvalue weighted by Crippen LogP contribution is -2.13. The van der Waals surface area contributed by atoms with Gasteiger partial charge in [0.1, 0.15) is 0 Å². The summed E-state index contributed by atoms with van der Waals surface area (Å²) in [6, 6.07) is 13.0. The van der Waals surface area contributed by atoms with E-state index < -0.39 is 0 Å². The van der Waals surface area contributed by atoms with Gasteiger partial charge in [-0.3, -0.25) is 4.79 Å². The first-order chi connectivity index (χ1) is 11.0. The van der Waals surface area contributed by atoms with Crippen molar-refractivity contribution in [1.82, 2.24) is 4.98 Å². The Balaban J connectivity index is 1.91. The predicted octanol–water partition coefficient (Wildman–Crippen LogP) is 4.86. The number of hydrogen-bond donors (Lipinski definition) is 1. The highest BCUT2D eigenvalue weighted by Gasteiger charge is 2.18. The Labute approximate surface area is 139 Å². The molecule has 4 nitrogen and oxygen atoms in total. The van der Waals surface area contributed by atoms with Crippen LogP contribution in [0.25, 0.3) is 11.3 Å². The van der Waals surface area contributed by atoms with Gasteiger partial charge in [-0.1, -0.05) is 29.8 Å². The first-order valence-corrected chi connectivity index (χ1v) is 7.50. The molecule has 0 saturated heterocycles. The van der Waals surface area contributed by atoms with E-state index in [1.165, 1.54) is 6.39 Å². The summed E-state index contributed by atoms with van der Waals surface area (Å²) in [6.07, 6.45) is 1.26. The van der Waals surface area contributed by atoms with Crippen LogP contribution in [0.15, 0.2) is 53.3 Å². The fourth-order valence-corrected chi connectivity index (χ4v) is 2.67. The van der Waals surface area contributed by atoms with E-state index in [4.69, 9.17) is 16.0 Å². The molecule has 0 unspecified atom stereocenters. The molecule has 3 aromatic rings. The average molecular weight is 327 g/mol. The molecule has 0 radical (unpaired) electrons. The van der Waals surface area contributed by atoms with Crippen molar-refractivity contribution in [3.63, 3.8) is 0 Å². The molecule has 0 aliphatic rings. The van der Waals surface area contributed by atoms with Crippen molar-refractivity contribution < 1.29 is 9.21 Å². The molecule has 1 heterocycles. The zero-order chi connectivity index (χ0) is 16.4. The number of halogens is 1. The van der Waals surface area contributed by atoms with Crippen LogP contribution < -0.4 is 5.32 Å². The number of benzene rings is 2. The highest BCUT2D eigenvalue weighted by Crippen LogP contribution is 2.26. The van der Waals surface area contributed by atoms with Crippen molar-refractivity contribution in [2.24, 2.45) is 0 Å². The fraction of sp³-hybridized carbons (Fsp3) is 0.111. The second-order valence-corrected chi connectivity index (χ2v) is 5.81. The second kappa shape index (κ2) is 6.26. The summed E-state index contributed by atoms with van der Waals surface area (Å²) in [7, 11) is 0. The number of oxazole rings is 1. The van der Waals surface area contributed by atoms with Crippen molar-refractivity contribution >= 4 is 23.2 Å². The van der Waals surface area contributed by atoms with Crippen LogP contribution in [0.3, 0.4) is 0 Å². The molecule has 0 atom stereocenters. The standard InChI is InChI=1S/C18H15ClN2O2/c1-11-6-12(2)8-15(7-11)21-18(22)16-17(23-10-20-16)13-4-3-5-14(19)9-13/h3-10H,1-2H3,(H,21,22). The zero-order valence-corrected chi connectivity index (χ0v) is 13.5. The monoisotopic (exact) mass is 326 g/mol. The number of carbonyl (C=O) groups excluding carboxylic acids is 1. The minimum absolute atomic E-state index is 0.228. The van der Waals surface area contributed by atoms with E-state index in [0.717, 1.165) is 16.8 Å². The number of anilines is 1. The van der Waals surface area contributed by atoms with Gasteiger partial charge in [0.05, 0.1) is 0 Å². The smallest absolute Gasteiger partial charge is 0.278 e. The Hall–Kier alpha value is -2.59. The van der Waals surface area contributed by atoms with Gasteiger partial charge >= 0.3 is 0 Å². The van der Waals surface area contributed by atoms with Gasteiger partial charge in [0.2, 0.25) is 0 Å². The predicted molar refractivity (Wildman–Crippen MR) is 90.8 cm³/mol. The lowest BCUT2D eigenvalue weighted by atomic mass is 10.1. The molecule has 3 rings (SSSR count). The minimum Gasteiger partial charge on any atom is -0.443 e. The largest absolute Gasteiger partial charge is 0.443 e. The maximum absolute atomic E-state index is 12.5. The van der Waals surface area contributed by atoms with Crippen LogP contribution in [0.5, 0.6) is 0 Å². The van der Waals surface area contributed by atoms with E-state index in [0.29, 0.717) is 16.3 Å². The van der Waals surface area contributed by atoms with E-state index in [-0.39, 0.29) is 11.6 Å². The van der Waals surface area contributed by atoms with Gasteiger partial charge < -0.3 is 9.73 Å². The molecule has 0 fully saturated rings. The van der Waals surface area contributed by atoms with Gasteiger partial charge in [-0.15, -0.1) is 0 Å². The number of nitrogens with one attached hydrogen (secondary N) is 1. The molecule has 1 amide bonds. The first kappa shape index (κ1) is 15.3. The molecular formula is C18H15ClN2O2. The third-order valence-electron chi connectivity index (χ3n) is 3.35. The molecule has 1 aromatic heterocycles. The van der Waals surface area contributed by atoms with E-state index in [1.54, 1.807) is 18.2 Å². The normalized spacial score (nSPS) is 10.6. The maximum Gasteiger partial charge on any atom is 0.278 e. The third-order valence-corrected chi connectivity index (χ3v) is 3.58. The Bertz CT molecular complexity index is 851. The quantitative estimate of drug-likeness (QED) is 0.747. The molecule has 0 aliphatic carbocycles. The Kier molecular flexibility index (Phi) is 4.17. The van der Waals surface area contributed by atoms with Crippen LogP contribution in [0, 0.1) is 13.8 Å². The molecule has 5 heteroatoms. The van der Waals surface area contributed by atoms with Crippen molar-refractivity contribution in [2.45, 2.75) is 13.8 Å². The maximum atomic E-state index is 12.5. The first-order valence-electron chi connectivity index (χ1n) is 7.12. The fourth-order valence-electron chi connectivity index (χ4n) is 2.48.